The maximum atomic E-state index is 10.0. The number of nitrogens with zero attached hydrogens (tertiary/aromatic N) is 1. The van der Waals surface area contributed by atoms with E-state index >= 15 is 0 Å². The van der Waals surface area contributed by atoms with Gasteiger partial charge in [0, 0.05) is 19.1 Å². The number of aliphatic carboxylic acids is 1. The van der Waals surface area contributed by atoms with E-state index in [2.05, 4.69) is 19.0 Å². The molecule has 104 valence electrons. The van der Waals surface area contributed by atoms with E-state index in [9.17, 15) is 9.59 Å². The van der Waals surface area contributed by atoms with Crippen LogP contribution in [-0.2, 0) is 14.4 Å². The molecule has 1 aliphatic rings. The second kappa shape index (κ2) is 11.7. The molecule has 0 fully saturated rings. The zero-order chi connectivity index (χ0) is 14.6. The van der Waals surface area contributed by atoms with Gasteiger partial charge in [-0.2, -0.15) is 0 Å². The third kappa shape index (κ3) is 19.8. The monoisotopic (exact) mass is 259 g/mol. The normalized spacial score (nSPS) is 12.3. The fourth-order valence-corrected chi connectivity index (χ4v) is 0.764. The minimum absolute atomic E-state index is 0.329. The van der Waals surface area contributed by atoms with Gasteiger partial charge in [-0.15, -0.1) is 0 Å². The van der Waals surface area contributed by atoms with Crippen molar-refractivity contribution in [3.05, 3.63) is 12.2 Å². The Hall–Kier alpha value is -1.73. The molecule has 0 aromatic heterocycles. The number of nitrogens with one attached hydrogen (secondary N) is 1. The van der Waals surface area contributed by atoms with Crippen molar-refractivity contribution in [1.82, 2.24) is 10.2 Å². The van der Waals surface area contributed by atoms with Crippen molar-refractivity contribution in [1.29, 1.82) is 0 Å². The largest absolute Gasteiger partial charge is 0.481 e. The van der Waals surface area contributed by atoms with E-state index in [0.29, 0.717) is 0 Å². The third-order valence-corrected chi connectivity index (χ3v) is 1.44. The van der Waals surface area contributed by atoms with E-state index in [1.165, 1.54) is 12.2 Å². The van der Waals surface area contributed by atoms with Crippen LogP contribution >= 0.6 is 0 Å². The zero-order valence-corrected chi connectivity index (χ0v) is 11.0. The summed E-state index contributed by atoms with van der Waals surface area (Å²) >= 11 is 0. The van der Waals surface area contributed by atoms with Crippen LogP contribution < -0.4 is 11.1 Å². The first-order chi connectivity index (χ1) is 8.29. The van der Waals surface area contributed by atoms with E-state index in [0.717, 1.165) is 26.4 Å². The number of amides is 2. The van der Waals surface area contributed by atoms with Gasteiger partial charge in [-0.1, -0.05) is 0 Å². The highest BCUT2D eigenvalue weighted by Crippen LogP contribution is 1.82. The van der Waals surface area contributed by atoms with E-state index in [1.807, 2.05) is 5.32 Å². The van der Waals surface area contributed by atoms with Crippen LogP contribution in [0.25, 0.3) is 0 Å². The molecule has 0 atom stereocenters. The number of carboxylic acids is 1. The first kappa shape index (κ1) is 18.6. The summed E-state index contributed by atoms with van der Waals surface area (Å²) in [4.78, 5) is 31.2. The molecule has 0 aromatic carbocycles. The highest BCUT2D eigenvalue weighted by Gasteiger charge is 2.06. The molecule has 0 aliphatic carbocycles. The molecule has 0 unspecified atom stereocenters. The fraction of sp³-hybridized carbons (Fsp3) is 0.545. The van der Waals surface area contributed by atoms with Crippen LogP contribution in [-0.4, -0.2) is 55.0 Å². The van der Waals surface area contributed by atoms with Crippen LogP contribution in [0.2, 0.25) is 0 Å². The summed E-state index contributed by atoms with van der Waals surface area (Å²) in [6.07, 6.45) is 3.50. The van der Waals surface area contributed by atoms with Crippen LogP contribution in [0.15, 0.2) is 12.2 Å². The second-order valence-corrected chi connectivity index (χ2v) is 3.65. The lowest BCUT2D eigenvalue weighted by Crippen LogP contribution is -2.19. The lowest BCUT2D eigenvalue weighted by atomic mass is 10.4. The first-order valence-electron chi connectivity index (χ1n) is 5.37. The Morgan fingerprint density at radius 3 is 1.83 bits per heavy atom. The van der Waals surface area contributed by atoms with Gasteiger partial charge in [0.1, 0.15) is 0 Å². The SMILES string of the molecule is CC(=O)O.CN(C)CCCN.O=C1C=CC(=O)N1. The quantitative estimate of drug-likeness (QED) is 0.571. The van der Waals surface area contributed by atoms with E-state index < -0.39 is 5.97 Å². The minimum Gasteiger partial charge on any atom is -0.481 e. The van der Waals surface area contributed by atoms with Crippen molar-refractivity contribution in [3.8, 4) is 0 Å². The summed E-state index contributed by atoms with van der Waals surface area (Å²) in [5.74, 6) is -1.49. The molecule has 4 N–H and O–H groups in total. The predicted octanol–water partition coefficient (Wildman–Crippen LogP) is -0.813. The highest BCUT2D eigenvalue weighted by atomic mass is 16.4. The summed E-state index contributed by atoms with van der Waals surface area (Å²) in [6.45, 7) is 2.99. The fourth-order valence-electron chi connectivity index (χ4n) is 0.764. The predicted molar refractivity (Wildman–Crippen MR) is 67.8 cm³/mol. The number of hydrogen-bond donors (Lipinski definition) is 3. The maximum Gasteiger partial charge on any atom is 0.300 e. The van der Waals surface area contributed by atoms with Gasteiger partial charge in [0.25, 0.3) is 17.8 Å². The lowest BCUT2D eigenvalue weighted by Gasteiger charge is -2.05. The summed E-state index contributed by atoms with van der Waals surface area (Å²) in [7, 11) is 4.10. The van der Waals surface area contributed by atoms with Gasteiger partial charge in [-0.3, -0.25) is 19.7 Å². The average molecular weight is 259 g/mol. The number of carbonyl (C=O) groups excluding carboxylic acids is 2. The van der Waals surface area contributed by atoms with Crippen LogP contribution in [0.1, 0.15) is 13.3 Å². The summed E-state index contributed by atoms with van der Waals surface area (Å²) < 4.78 is 0. The van der Waals surface area contributed by atoms with Gasteiger partial charge in [-0.25, -0.2) is 0 Å². The second-order valence-electron chi connectivity index (χ2n) is 3.65. The molecule has 0 radical (unpaired) electrons. The van der Waals surface area contributed by atoms with Crippen LogP contribution in [0.3, 0.4) is 0 Å². The van der Waals surface area contributed by atoms with Crippen LogP contribution in [0.5, 0.6) is 0 Å². The van der Waals surface area contributed by atoms with E-state index in [1.54, 1.807) is 0 Å². The number of nitrogens with two attached hydrogens (primary N) is 1. The van der Waals surface area contributed by atoms with Crippen molar-refractivity contribution >= 4 is 17.8 Å². The Bertz CT molecular complexity index is 281. The Balaban J connectivity index is 0. The molecule has 1 aliphatic heterocycles. The molecule has 0 saturated carbocycles. The van der Waals surface area contributed by atoms with Crippen molar-refractivity contribution < 1.29 is 19.5 Å². The highest BCUT2D eigenvalue weighted by molar-refractivity contribution is 6.12. The molecule has 0 saturated heterocycles. The molecule has 18 heavy (non-hydrogen) atoms. The molecule has 0 bridgehead atoms. The van der Waals surface area contributed by atoms with Crippen molar-refractivity contribution in [3.63, 3.8) is 0 Å². The molecule has 1 rings (SSSR count). The molecule has 2 amide bonds. The Morgan fingerprint density at radius 1 is 1.33 bits per heavy atom. The average Bonchev–Trinajstić information content (AvgIpc) is 2.59. The lowest BCUT2D eigenvalue weighted by molar-refractivity contribution is -0.134. The number of carbonyl (C=O) groups is 3. The summed E-state index contributed by atoms with van der Waals surface area (Å²) in [5, 5.41) is 9.44. The molecule has 0 aromatic rings. The molecule has 1 heterocycles. The number of imide groups is 1. The van der Waals surface area contributed by atoms with Gasteiger partial charge in [0.05, 0.1) is 0 Å². The van der Waals surface area contributed by atoms with Crippen molar-refractivity contribution in [2.45, 2.75) is 13.3 Å². The third-order valence-electron chi connectivity index (χ3n) is 1.44. The molecular formula is C11H21N3O4. The minimum atomic E-state index is -0.833. The Kier molecular flexibility index (Phi) is 12.2. The number of carboxylic acid groups (broad SMARTS) is 1. The molecule has 7 heteroatoms. The Labute approximate surface area is 107 Å². The van der Waals surface area contributed by atoms with E-state index in [-0.39, 0.29) is 11.8 Å². The topological polar surface area (TPSA) is 113 Å². The van der Waals surface area contributed by atoms with Gasteiger partial charge in [-0.05, 0) is 33.6 Å². The standard InChI is InChI=1S/C5H14N2.C4H3NO2.C2H4O2/c1-7(2)5-3-4-6;6-3-1-2-4(7)5-3;1-2(3)4/h3-6H2,1-2H3;1-2H,(H,5,6,7);1H3,(H,3,4). The van der Waals surface area contributed by atoms with Gasteiger partial charge >= 0.3 is 0 Å². The molecule has 0 spiro atoms. The Morgan fingerprint density at radius 2 is 1.72 bits per heavy atom. The van der Waals surface area contributed by atoms with Gasteiger partial charge in [0.2, 0.25) is 0 Å². The maximum absolute atomic E-state index is 10.0. The molecule has 7 nitrogen and oxygen atoms in total. The summed E-state index contributed by atoms with van der Waals surface area (Å²) in [6, 6.07) is 0. The first-order valence-corrected chi connectivity index (χ1v) is 5.37. The van der Waals surface area contributed by atoms with E-state index in [4.69, 9.17) is 15.6 Å². The van der Waals surface area contributed by atoms with Crippen molar-refractivity contribution in [2.24, 2.45) is 5.73 Å². The zero-order valence-electron chi connectivity index (χ0n) is 11.0. The van der Waals surface area contributed by atoms with Gasteiger partial charge < -0.3 is 15.7 Å². The van der Waals surface area contributed by atoms with Crippen LogP contribution in [0.4, 0.5) is 0 Å². The number of hydrogen-bond acceptors (Lipinski definition) is 5. The smallest absolute Gasteiger partial charge is 0.300 e. The van der Waals surface area contributed by atoms with Gasteiger partial charge in [0.15, 0.2) is 0 Å². The number of rotatable bonds is 3. The van der Waals surface area contributed by atoms with Crippen molar-refractivity contribution in [2.75, 3.05) is 27.2 Å². The van der Waals surface area contributed by atoms with Crippen LogP contribution in [0, 0.1) is 0 Å². The summed E-state index contributed by atoms with van der Waals surface area (Å²) in [5.41, 5.74) is 5.25. The molecular weight excluding hydrogens is 238 g/mol.